The maximum Gasteiger partial charge on any atom is 0.350 e. The first-order chi connectivity index (χ1) is 10.2. The molecule has 0 aliphatic carbocycles. The van der Waals surface area contributed by atoms with Crippen molar-refractivity contribution in [3.05, 3.63) is 34.9 Å². The number of carbonyl (C=O) groups excluding carboxylic acids is 1. The average Bonchev–Trinajstić information content (AvgIpc) is 2.84. The lowest BCUT2D eigenvalue weighted by Gasteiger charge is -2.31. The Morgan fingerprint density at radius 2 is 2.10 bits per heavy atom. The highest BCUT2D eigenvalue weighted by Gasteiger charge is 2.23. The first-order valence-electron chi connectivity index (χ1n) is 7.21. The maximum absolute atomic E-state index is 12.3. The third-order valence-corrected chi connectivity index (χ3v) is 4.07. The molecule has 1 amide bonds. The van der Waals surface area contributed by atoms with Gasteiger partial charge in [0.1, 0.15) is 6.54 Å². The lowest BCUT2D eigenvalue weighted by molar-refractivity contribution is -0.133. The van der Waals surface area contributed by atoms with Crippen LogP contribution in [0.3, 0.4) is 0 Å². The largest absolute Gasteiger partial charge is 0.350 e. The van der Waals surface area contributed by atoms with Crippen LogP contribution < -0.4 is 11.4 Å². The summed E-state index contributed by atoms with van der Waals surface area (Å²) in [6, 6.07) is 5.32. The highest BCUT2D eigenvalue weighted by Crippen LogP contribution is 2.15. The molecule has 0 radical (unpaired) electrons. The number of nitrogens with zero attached hydrogens (tertiary/aromatic N) is 4. The molecule has 21 heavy (non-hydrogen) atoms. The molecule has 112 valence electrons. The van der Waals surface area contributed by atoms with Gasteiger partial charge in [0.05, 0.1) is 0 Å². The average molecular weight is 289 g/mol. The van der Waals surface area contributed by atoms with Gasteiger partial charge in [-0.25, -0.2) is 9.48 Å². The van der Waals surface area contributed by atoms with Crippen LogP contribution in [0.2, 0.25) is 0 Å². The highest BCUT2D eigenvalue weighted by atomic mass is 16.2. The van der Waals surface area contributed by atoms with Crippen LogP contribution in [0, 0.1) is 5.92 Å². The van der Waals surface area contributed by atoms with E-state index in [0.717, 1.165) is 12.8 Å². The second-order valence-electron chi connectivity index (χ2n) is 5.43. The first kappa shape index (κ1) is 13.8. The van der Waals surface area contributed by atoms with Crippen molar-refractivity contribution in [2.75, 3.05) is 19.6 Å². The van der Waals surface area contributed by atoms with Gasteiger partial charge in [0.25, 0.3) is 0 Å². The van der Waals surface area contributed by atoms with Gasteiger partial charge in [-0.15, -0.1) is 5.10 Å². The van der Waals surface area contributed by atoms with Crippen molar-refractivity contribution in [2.24, 2.45) is 11.7 Å². The molecule has 2 aromatic heterocycles. The third kappa shape index (κ3) is 2.69. The first-order valence-corrected chi connectivity index (χ1v) is 7.21. The predicted molar refractivity (Wildman–Crippen MR) is 77.8 cm³/mol. The maximum atomic E-state index is 12.3. The molecule has 1 fully saturated rings. The number of amides is 1. The third-order valence-electron chi connectivity index (χ3n) is 4.07. The fraction of sp³-hybridized carbons (Fsp3) is 0.500. The van der Waals surface area contributed by atoms with Crippen LogP contribution in [0.15, 0.2) is 29.2 Å². The minimum atomic E-state index is -0.282. The predicted octanol–water partition coefficient (Wildman–Crippen LogP) is -0.307. The summed E-state index contributed by atoms with van der Waals surface area (Å²) in [6.07, 6.45) is 3.52. The van der Waals surface area contributed by atoms with E-state index in [0.29, 0.717) is 31.2 Å². The number of fused-ring (bicyclic) bond motifs is 1. The Bertz CT molecular complexity index is 697. The van der Waals surface area contributed by atoms with Crippen LogP contribution >= 0.6 is 0 Å². The van der Waals surface area contributed by atoms with Crippen molar-refractivity contribution in [3.63, 3.8) is 0 Å². The van der Waals surface area contributed by atoms with E-state index in [2.05, 4.69) is 5.10 Å². The molecule has 7 heteroatoms. The topological polar surface area (TPSA) is 85.6 Å². The number of likely N-dealkylation sites (tertiary alicyclic amines) is 1. The Balaban J connectivity index is 1.72. The monoisotopic (exact) mass is 289 g/mol. The number of piperidine rings is 1. The molecule has 0 aromatic carbocycles. The standard InChI is InChI=1S/C14H19N5O2/c15-9-11-4-7-17(8-5-11)13(20)10-19-14(21)18-6-2-1-3-12(18)16-19/h1-3,6,11H,4-5,7-10,15H2. The molecule has 0 saturated carbocycles. The molecule has 0 spiro atoms. The summed E-state index contributed by atoms with van der Waals surface area (Å²) in [7, 11) is 0. The van der Waals surface area contributed by atoms with Crippen molar-refractivity contribution in [2.45, 2.75) is 19.4 Å². The lowest BCUT2D eigenvalue weighted by atomic mass is 9.97. The summed E-state index contributed by atoms with van der Waals surface area (Å²) < 4.78 is 2.67. The van der Waals surface area contributed by atoms with Crippen molar-refractivity contribution in [3.8, 4) is 0 Å². The Labute approximate surface area is 122 Å². The van der Waals surface area contributed by atoms with Crippen LogP contribution in [-0.4, -0.2) is 44.6 Å². The molecule has 0 bridgehead atoms. The zero-order valence-electron chi connectivity index (χ0n) is 11.8. The minimum absolute atomic E-state index is 0.00615. The Hall–Kier alpha value is -2.15. The van der Waals surface area contributed by atoms with Gasteiger partial charge in [0.2, 0.25) is 5.91 Å². The second kappa shape index (κ2) is 5.69. The van der Waals surface area contributed by atoms with Gasteiger partial charge in [-0.1, -0.05) is 6.07 Å². The number of aromatic nitrogens is 3. The number of pyridine rings is 1. The summed E-state index contributed by atoms with van der Waals surface area (Å²) in [4.78, 5) is 26.2. The van der Waals surface area contributed by atoms with E-state index in [4.69, 9.17) is 5.73 Å². The fourth-order valence-corrected chi connectivity index (χ4v) is 2.72. The van der Waals surface area contributed by atoms with E-state index in [9.17, 15) is 9.59 Å². The number of hydrogen-bond donors (Lipinski definition) is 1. The second-order valence-corrected chi connectivity index (χ2v) is 5.43. The zero-order valence-corrected chi connectivity index (χ0v) is 11.8. The van der Waals surface area contributed by atoms with Crippen LogP contribution in [0.5, 0.6) is 0 Å². The van der Waals surface area contributed by atoms with Crippen LogP contribution in [0.1, 0.15) is 12.8 Å². The molecular weight excluding hydrogens is 270 g/mol. The molecule has 1 aliphatic heterocycles. The van der Waals surface area contributed by atoms with E-state index >= 15 is 0 Å². The van der Waals surface area contributed by atoms with Crippen LogP contribution in [0.25, 0.3) is 5.65 Å². The zero-order chi connectivity index (χ0) is 14.8. The Morgan fingerprint density at radius 1 is 1.33 bits per heavy atom. The summed E-state index contributed by atoms with van der Waals surface area (Å²) in [6.45, 7) is 2.09. The van der Waals surface area contributed by atoms with E-state index < -0.39 is 0 Å². The number of rotatable bonds is 3. The molecule has 1 aliphatic rings. The normalized spacial score (nSPS) is 16.5. The summed E-state index contributed by atoms with van der Waals surface area (Å²) >= 11 is 0. The van der Waals surface area contributed by atoms with Crippen LogP contribution in [0.4, 0.5) is 0 Å². The van der Waals surface area contributed by atoms with Crippen molar-refractivity contribution in [1.29, 1.82) is 0 Å². The molecule has 1 saturated heterocycles. The fourth-order valence-electron chi connectivity index (χ4n) is 2.72. The molecule has 0 atom stereocenters. The van der Waals surface area contributed by atoms with E-state index in [1.54, 1.807) is 23.2 Å². The van der Waals surface area contributed by atoms with Crippen molar-refractivity contribution in [1.82, 2.24) is 19.1 Å². The molecule has 2 N–H and O–H groups in total. The molecular formula is C14H19N5O2. The van der Waals surface area contributed by atoms with Gasteiger partial charge >= 0.3 is 5.69 Å². The summed E-state index contributed by atoms with van der Waals surface area (Å²) in [5.41, 5.74) is 5.92. The van der Waals surface area contributed by atoms with Gasteiger partial charge in [0, 0.05) is 19.3 Å². The van der Waals surface area contributed by atoms with E-state index in [1.165, 1.54) is 9.08 Å². The summed E-state index contributed by atoms with van der Waals surface area (Å²) in [5.74, 6) is 0.447. The van der Waals surface area contributed by atoms with Crippen molar-refractivity contribution >= 4 is 11.6 Å². The highest BCUT2D eigenvalue weighted by molar-refractivity contribution is 5.76. The van der Waals surface area contributed by atoms with E-state index in [1.807, 2.05) is 6.07 Å². The Kier molecular flexibility index (Phi) is 3.74. The van der Waals surface area contributed by atoms with Gasteiger partial charge in [-0.3, -0.25) is 9.20 Å². The van der Waals surface area contributed by atoms with Crippen LogP contribution in [-0.2, 0) is 11.3 Å². The molecule has 2 aromatic rings. The van der Waals surface area contributed by atoms with Gasteiger partial charge < -0.3 is 10.6 Å². The molecule has 7 nitrogen and oxygen atoms in total. The number of nitrogens with two attached hydrogens (primary N) is 1. The van der Waals surface area contributed by atoms with Gasteiger partial charge in [-0.2, -0.15) is 0 Å². The number of carbonyl (C=O) groups is 1. The molecule has 3 heterocycles. The molecule has 0 unspecified atom stereocenters. The summed E-state index contributed by atoms with van der Waals surface area (Å²) in [5, 5.41) is 4.18. The molecule has 3 rings (SSSR count). The van der Waals surface area contributed by atoms with E-state index in [-0.39, 0.29) is 18.1 Å². The number of hydrogen-bond acceptors (Lipinski definition) is 4. The van der Waals surface area contributed by atoms with Gasteiger partial charge in [0.15, 0.2) is 5.65 Å². The van der Waals surface area contributed by atoms with Crippen molar-refractivity contribution < 1.29 is 4.79 Å². The smallest absolute Gasteiger partial charge is 0.341 e. The quantitative estimate of drug-likeness (QED) is 0.840. The van der Waals surface area contributed by atoms with Gasteiger partial charge in [-0.05, 0) is 37.4 Å². The lowest BCUT2D eigenvalue weighted by Crippen LogP contribution is -2.42. The Morgan fingerprint density at radius 3 is 2.76 bits per heavy atom. The minimum Gasteiger partial charge on any atom is -0.341 e. The SMILES string of the molecule is NCC1CCN(C(=O)Cn2nc3ccccn3c2=O)CC1.